The molecule has 1 heterocycles. The normalized spacial score (nSPS) is 10.9. The summed E-state index contributed by atoms with van der Waals surface area (Å²) in [6, 6.07) is 9.75. The van der Waals surface area contributed by atoms with Gasteiger partial charge in [-0.05, 0) is 18.6 Å². The van der Waals surface area contributed by atoms with Crippen LogP contribution in [-0.4, -0.2) is 15.7 Å². The molecule has 1 amide bonds. The van der Waals surface area contributed by atoms with Gasteiger partial charge in [0.2, 0.25) is 5.91 Å². The van der Waals surface area contributed by atoms with Crippen molar-refractivity contribution in [2.45, 2.75) is 13.5 Å². The lowest BCUT2D eigenvalue weighted by molar-refractivity contribution is -0.116. The van der Waals surface area contributed by atoms with E-state index < -0.39 is 0 Å². The molecule has 0 fully saturated rings. The third kappa shape index (κ3) is 3.48. The van der Waals surface area contributed by atoms with Crippen LogP contribution in [0, 0.1) is 6.92 Å². The number of aromatic nitrogens is 2. The van der Waals surface area contributed by atoms with Crippen molar-refractivity contribution in [1.82, 2.24) is 15.1 Å². The van der Waals surface area contributed by atoms with E-state index >= 15 is 0 Å². The minimum Gasteiger partial charge on any atom is -0.348 e. The van der Waals surface area contributed by atoms with Gasteiger partial charge in [0.05, 0.1) is 5.69 Å². The lowest BCUT2D eigenvalue weighted by Crippen LogP contribution is -2.20. The molecule has 0 saturated heterocycles. The monoisotopic (exact) mass is 289 g/mol. The van der Waals surface area contributed by atoms with E-state index in [0.29, 0.717) is 11.7 Å². The van der Waals surface area contributed by atoms with Crippen LogP contribution < -0.4 is 5.32 Å². The summed E-state index contributed by atoms with van der Waals surface area (Å²) < 4.78 is 1.58. The van der Waals surface area contributed by atoms with E-state index in [9.17, 15) is 4.79 Å². The van der Waals surface area contributed by atoms with Gasteiger partial charge in [-0.15, -0.1) is 0 Å². The molecule has 0 unspecified atom stereocenters. The van der Waals surface area contributed by atoms with Gasteiger partial charge in [0.15, 0.2) is 0 Å². The lowest BCUT2D eigenvalue weighted by atomic mass is 10.2. The number of hydrogen-bond donors (Lipinski definition) is 1. The maximum absolute atomic E-state index is 11.8. The summed E-state index contributed by atoms with van der Waals surface area (Å²) in [6.07, 6.45) is 3.16. The molecule has 0 aliphatic rings. The van der Waals surface area contributed by atoms with Crippen molar-refractivity contribution in [1.29, 1.82) is 0 Å². The van der Waals surface area contributed by atoms with Gasteiger partial charge in [0.1, 0.15) is 5.15 Å². The third-order valence-electron chi connectivity index (χ3n) is 2.91. The summed E-state index contributed by atoms with van der Waals surface area (Å²) in [4.78, 5) is 11.8. The molecule has 5 heteroatoms. The predicted octanol–water partition coefficient (Wildman–Crippen LogP) is 2.71. The van der Waals surface area contributed by atoms with Crippen molar-refractivity contribution in [3.8, 4) is 0 Å². The molecular weight excluding hydrogens is 274 g/mol. The molecule has 0 radical (unpaired) electrons. The topological polar surface area (TPSA) is 46.9 Å². The molecule has 104 valence electrons. The van der Waals surface area contributed by atoms with Gasteiger partial charge in [0, 0.05) is 25.2 Å². The fourth-order valence-electron chi connectivity index (χ4n) is 1.84. The summed E-state index contributed by atoms with van der Waals surface area (Å²) in [5.41, 5.74) is 2.62. The molecule has 1 N–H and O–H groups in total. The van der Waals surface area contributed by atoms with Crippen LogP contribution in [0.5, 0.6) is 0 Å². The zero-order valence-corrected chi connectivity index (χ0v) is 12.2. The van der Waals surface area contributed by atoms with Crippen LogP contribution in [0.25, 0.3) is 6.08 Å². The molecule has 0 aliphatic carbocycles. The average Bonchev–Trinajstić information content (AvgIpc) is 2.69. The van der Waals surface area contributed by atoms with Gasteiger partial charge in [-0.25, -0.2) is 0 Å². The van der Waals surface area contributed by atoms with E-state index in [4.69, 9.17) is 11.6 Å². The van der Waals surface area contributed by atoms with Crippen LogP contribution in [0.2, 0.25) is 5.15 Å². The van der Waals surface area contributed by atoms with Crippen molar-refractivity contribution < 1.29 is 4.79 Å². The number of carbonyl (C=O) groups is 1. The van der Waals surface area contributed by atoms with Crippen LogP contribution in [0.3, 0.4) is 0 Å². The second-order valence-electron chi connectivity index (χ2n) is 4.45. The number of benzene rings is 1. The van der Waals surface area contributed by atoms with Gasteiger partial charge in [-0.1, -0.05) is 41.9 Å². The highest BCUT2D eigenvalue weighted by molar-refractivity contribution is 6.31. The molecule has 0 atom stereocenters. The minimum absolute atomic E-state index is 0.159. The quantitative estimate of drug-likeness (QED) is 0.880. The molecule has 2 aromatic rings. The van der Waals surface area contributed by atoms with E-state index in [1.807, 2.05) is 37.3 Å². The van der Waals surface area contributed by atoms with Gasteiger partial charge in [-0.3, -0.25) is 9.48 Å². The first kappa shape index (κ1) is 14.3. The van der Waals surface area contributed by atoms with E-state index in [1.54, 1.807) is 17.8 Å². The van der Waals surface area contributed by atoms with Crippen molar-refractivity contribution >= 4 is 23.6 Å². The van der Waals surface area contributed by atoms with Crippen LogP contribution >= 0.6 is 11.6 Å². The summed E-state index contributed by atoms with van der Waals surface area (Å²) >= 11 is 6.09. The van der Waals surface area contributed by atoms with Crippen molar-refractivity contribution in [3.05, 3.63) is 58.4 Å². The first-order valence-corrected chi connectivity index (χ1v) is 6.64. The molecule has 1 aromatic heterocycles. The SMILES string of the molecule is Cc1nn(C)c(Cl)c1/C=C/C(=O)NCc1ccccc1. The highest BCUT2D eigenvalue weighted by Gasteiger charge is 2.08. The molecule has 2 rings (SSSR count). The number of carbonyl (C=O) groups excluding carboxylic acids is 1. The molecule has 20 heavy (non-hydrogen) atoms. The fraction of sp³-hybridized carbons (Fsp3) is 0.200. The largest absolute Gasteiger partial charge is 0.348 e. The van der Waals surface area contributed by atoms with Crippen molar-refractivity contribution in [3.63, 3.8) is 0 Å². The van der Waals surface area contributed by atoms with Crippen molar-refractivity contribution in [2.75, 3.05) is 0 Å². The van der Waals surface area contributed by atoms with Crippen LogP contribution in [0.4, 0.5) is 0 Å². The second-order valence-corrected chi connectivity index (χ2v) is 4.81. The maximum atomic E-state index is 11.8. The molecule has 1 aromatic carbocycles. The fourth-order valence-corrected chi connectivity index (χ4v) is 2.08. The number of aryl methyl sites for hydroxylation is 2. The van der Waals surface area contributed by atoms with Gasteiger partial charge >= 0.3 is 0 Å². The Labute approximate surface area is 123 Å². The van der Waals surface area contributed by atoms with E-state index in [0.717, 1.165) is 16.8 Å². The summed E-state index contributed by atoms with van der Waals surface area (Å²) in [5.74, 6) is -0.159. The summed E-state index contributed by atoms with van der Waals surface area (Å²) in [7, 11) is 1.77. The standard InChI is InChI=1S/C15H16ClN3O/c1-11-13(15(16)19(2)18-11)8-9-14(20)17-10-12-6-4-3-5-7-12/h3-9H,10H2,1-2H3,(H,17,20)/b9-8+. The second kappa shape index (κ2) is 6.39. The van der Waals surface area contributed by atoms with E-state index in [2.05, 4.69) is 10.4 Å². The lowest BCUT2D eigenvalue weighted by Gasteiger charge is -2.01. The van der Waals surface area contributed by atoms with Gasteiger partial charge in [-0.2, -0.15) is 5.10 Å². The zero-order chi connectivity index (χ0) is 14.5. The number of nitrogens with one attached hydrogen (secondary N) is 1. The Morgan fingerprint density at radius 1 is 1.40 bits per heavy atom. The minimum atomic E-state index is -0.159. The Morgan fingerprint density at radius 3 is 2.70 bits per heavy atom. The Bertz CT molecular complexity index is 632. The third-order valence-corrected chi connectivity index (χ3v) is 3.36. The molecular formula is C15H16ClN3O. The highest BCUT2D eigenvalue weighted by atomic mass is 35.5. The maximum Gasteiger partial charge on any atom is 0.244 e. The van der Waals surface area contributed by atoms with Crippen LogP contribution in [0.1, 0.15) is 16.8 Å². The number of nitrogens with zero attached hydrogens (tertiary/aromatic N) is 2. The zero-order valence-electron chi connectivity index (χ0n) is 11.4. The Hall–Kier alpha value is -2.07. The predicted molar refractivity (Wildman–Crippen MR) is 80.3 cm³/mol. The smallest absolute Gasteiger partial charge is 0.244 e. The first-order valence-electron chi connectivity index (χ1n) is 6.27. The molecule has 0 spiro atoms. The summed E-state index contributed by atoms with van der Waals surface area (Å²) in [6.45, 7) is 2.36. The molecule has 4 nitrogen and oxygen atoms in total. The molecule has 0 aliphatic heterocycles. The molecule has 0 bridgehead atoms. The van der Waals surface area contributed by atoms with Crippen LogP contribution in [-0.2, 0) is 18.4 Å². The van der Waals surface area contributed by atoms with Crippen molar-refractivity contribution in [2.24, 2.45) is 7.05 Å². The number of hydrogen-bond acceptors (Lipinski definition) is 2. The Balaban J connectivity index is 1.96. The van der Waals surface area contributed by atoms with Gasteiger partial charge in [0.25, 0.3) is 0 Å². The van der Waals surface area contributed by atoms with Gasteiger partial charge < -0.3 is 5.32 Å². The Kier molecular flexibility index (Phi) is 4.58. The highest BCUT2D eigenvalue weighted by Crippen LogP contribution is 2.19. The molecule has 0 saturated carbocycles. The number of halogens is 1. The average molecular weight is 290 g/mol. The Morgan fingerprint density at radius 2 is 2.10 bits per heavy atom. The number of amides is 1. The van der Waals surface area contributed by atoms with Crippen LogP contribution in [0.15, 0.2) is 36.4 Å². The number of rotatable bonds is 4. The summed E-state index contributed by atoms with van der Waals surface area (Å²) in [5, 5.41) is 7.53. The van der Waals surface area contributed by atoms with E-state index in [1.165, 1.54) is 6.08 Å². The first-order chi connectivity index (χ1) is 9.58. The van der Waals surface area contributed by atoms with E-state index in [-0.39, 0.29) is 5.91 Å².